The molecule has 1 N–H and O–H groups in total. The molecule has 0 spiro atoms. The summed E-state index contributed by atoms with van der Waals surface area (Å²) in [6, 6.07) is 6.60. The first-order valence-electron chi connectivity index (χ1n) is 6.43. The lowest BCUT2D eigenvalue weighted by Crippen LogP contribution is -2.47. The number of furan rings is 1. The van der Waals surface area contributed by atoms with Crippen LogP contribution in [0.5, 0.6) is 0 Å². The number of rotatable bonds is 1. The number of hydrogen-bond acceptors (Lipinski definition) is 3. The van der Waals surface area contributed by atoms with Crippen LogP contribution in [0.2, 0.25) is 0 Å². The molecule has 1 unspecified atom stereocenters. The maximum absolute atomic E-state index is 13.7. The van der Waals surface area contributed by atoms with E-state index in [0.29, 0.717) is 16.9 Å². The highest BCUT2D eigenvalue weighted by Crippen LogP contribution is 2.49. The van der Waals surface area contributed by atoms with Crippen LogP contribution in [0.4, 0.5) is 4.39 Å². The first kappa shape index (κ1) is 13.0. The lowest BCUT2D eigenvalue weighted by Gasteiger charge is -2.44. The van der Waals surface area contributed by atoms with E-state index in [1.165, 1.54) is 6.07 Å². The highest BCUT2D eigenvalue weighted by Gasteiger charge is 2.49. The zero-order valence-corrected chi connectivity index (χ0v) is 11.9. The topological polar surface area (TPSA) is 33.4 Å². The summed E-state index contributed by atoms with van der Waals surface area (Å²) < 4.78 is 19.3. The van der Waals surface area contributed by atoms with E-state index in [1.807, 2.05) is 13.8 Å². The smallest absolute Gasteiger partial charge is 0.170 e. The predicted molar refractivity (Wildman–Crippen MR) is 75.8 cm³/mol. The van der Waals surface area contributed by atoms with E-state index >= 15 is 0 Å². The fourth-order valence-electron chi connectivity index (χ4n) is 2.59. The molecule has 19 heavy (non-hydrogen) atoms. The van der Waals surface area contributed by atoms with Crippen molar-refractivity contribution in [2.75, 3.05) is 11.5 Å². The van der Waals surface area contributed by atoms with Crippen molar-refractivity contribution in [3.8, 4) is 0 Å². The van der Waals surface area contributed by atoms with Gasteiger partial charge in [0.05, 0.1) is 0 Å². The van der Waals surface area contributed by atoms with Gasteiger partial charge in [-0.1, -0.05) is 26.0 Å². The molecular weight excluding hydrogens is 263 g/mol. The third-order valence-electron chi connectivity index (χ3n) is 4.21. The molecule has 1 aliphatic heterocycles. The van der Waals surface area contributed by atoms with Crippen molar-refractivity contribution in [1.29, 1.82) is 0 Å². The number of thioether (sulfide) groups is 1. The van der Waals surface area contributed by atoms with Crippen molar-refractivity contribution < 1.29 is 13.9 Å². The van der Waals surface area contributed by atoms with Gasteiger partial charge in [0.25, 0.3) is 0 Å². The molecule has 0 radical (unpaired) electrons. The van der Waals surface area contributed by atoms with Gasteiger partial charge in [-0.25, -0.2) is 4.39 Å². The van der Waals surface area contributed by atoms with Crippen LogP contribution in [0, 0.1) is 11.2 Å². The first-order valence-corrected chi connectivity index (χ1v) is 7.58. The van der Waals surface area contributed by atoms with Crippen molar-refractivity contribution in [2.24, 2.45) is 5.41 Å². The van der Waals surface area contributed by atoms with E-state index in [-0.39, 0.29) is 16.8 Å². The van der Waals surface area contributed by atoms with E-state index in [0.717, 1.165) is 12.2 Å². The summed E-state index contributed by atoms with van der Waals surface area (Å²) in [5, 5.41) is 11.7. The van der Waals surface area contributed by atoms with E-state index in [9.17, 15) is 9.50 Å². The molecule has 1 aromatic carbocycles. The van der Waals surface area contributed by atoms with Crippen molar-refractivity contribution >= 4 is 22.7 Å². The minimum Gasteiger partial charge on any atom is -0.455 e. The van der Waals surface area contributed by atoms with E-state index in [4.69, 9.17) is 4.42 Å². The molecule has 2 heterocycles. The second kappa shape index (κ2) is 4.25. The molecule has 0 bridgehead atoms. The number of hydrogen-bond donors (Lipinski definition) is 1. The van der Waals surface area contributed by atoms with E-state index in [2.05, 4.69) is 0 Å². The second-order valence-corrected chi connectivity index (χ2v) is 6.92. The van der Waals surface area contributed by atoms with Gasteiger partial charge in [-0.3, -0.25) is 0 Å². The number of fused-ring (bicyclic) bond motifs is 1. The molecule has 102 valence electrons. The highest BCUT2D eigenvalue weighted by atomic mass is 32.2. The molecule has 2 nitrogen and oxygen atoms in total. The van der Waals surface area contributed by atoms with Gasteiger partial charge >= 0.3 is 0 Å². The largest absolute Gasteiger partial charge is 0.455 e. The fourth-order valence-corrected chi connectivity index (χ4v) is 4.21. The Labute approximate surface area is 116 Å². The van der Waals surface area contributed by atoms with Gasteiger partial charge in [0.1, 0.15) is 11.4 Å². The zero-order chi connectivity index (χ0) is 13.7. The Bertz CT molecular complexity index is 620. The number of benzene rings is 1. The molecule has 1 fully saturated rings. The number of halogens is 1. The Kier molecular flexibility index (Phi) is 2.91. The summed E-state index contributed by atoms with van der Waals surface area (Å²) in [6.07, 6.45) is 0.910. The third kappa shape index (κ3) is 1.89. The second-order valence-electron chi connectivity index (χ2n) is 5.82. The average molecular weight is 280 g/mol. The summed E-state index contributed by atoms with van der Waals surface area (Å²) in [5.41, 5.74) is -1.08. The average Bonchev–Trinajstić information content (AvgIpc) is 2.79. The maximum Gasteiger partial charge on any atom is 0.170 e. The van der Waals surface area contributed by atoms with Crippen LogP contribution in [0.25, 0.3) is 11.0 Å². The minimum atomic E-state index is -1.04. The van der Waals surface area contributed by atoms with Crippen LogP contribution < -0.4 is 0 Å². The van der Waals surface area contributed by atoms with Crippen molar-refractivity contribution in [3.05, 3.63) is 35.8 Å². The molecule has 4 heteroatoms. The molecule has 3 rings (SSSR count). The first-order chi connectivity index (χ1) is 8.94. The SMILES string of the molecule is CC1(C)CCSCC1(O)c1cc2cccc(F)c2o1. The van der Waals surface area contributed by atoms with Crippen LogP contribution >= 0.6 is 11.8 Å². The van der Waals surface area contributed by atoms with Gasteiger partial charge < -0.3 is 9.52 Å². The van der Waals surface area contributed by atoms with Crippen LogP contribution in [-0.2, 0) is 5.60 Å². The minimum absolute atomic E-state index is 0.234. The molecule has 0 aliphatic carbocycles. The van der Waals surface area contributed by atoms with Gasteiger partial charge in [0.15, 0.2) is 11.4 Å². The Morgan fingerprint density at radius 1 is 1.37 bits per heavy atom. The van der Waals surface area contributed by atoms with Gasteiger partial charge in [-0.15, -0.1) is 0 Å². The number of aliphatic hydroxyl groups is 1. The number of para-hydroxylation sites is 1. The van der Waals surface area contributed by atoms with Crippen LogP contribution in [0.1, 0.15) is 26.0 Å². The molecule has 1 saturated heterocycles. The Balaban J connectivity index is 2.15. The summed E-state index contributed by atoms with van der Waals surface area (Å²) in [6.45, 7) is 4.08. The van der Waals surface area contributed by atoms with Crippen molar-refractivity contribution in [3.63, 3.8) is 0 Å². The summed E-state index contributed by atoms with van der Waals surface area (Å²) in [4.78, 5) is 0. The van der Waals surface area contributed by atoms with Crippen molar-refractivity contribution in [1.82, 2.24) is 0 Å². The lowest BCUT2D eigenvalue weighted by molar-refractivity contribution is -0.0728. The van der Waals surface area contributed by atoms with Crippen molar-refractivity contribution in [2.45, 2.75) is 25.9 Å². The van der Waals surface area contributed by atoms with Crippen LogP contribution in [0.3, 0.4) is 0 Å². The Hall–Kier alpha value is -1.00. The fraction of sp³-hybridized carbons (Fsp3) is 0.467. The predicted octanol–water partition coefficient (Wildman–Crippen LogP) is 3.92. The molecular formula is C15H17FO2S. The highest BCUT2D eigenvalue weighted by molar-refractivity contribution is 7.99. The van der Waals surface area contributed by atoms with Gasteiger partial charge in [0.2, 0.25) is 0 Å². The monoisotopic (exact) mass is 280 g/mol. The molecule has 1 aromatic heterocycles. The van der Waals surface area contributed by atoms with Gasteiger partial charge in [0, 0.05) is 16.6 Å². The van der Waals surface area contributed by atoms with Crippen LogP contribution in [0.15, 0.2) is 28.7 Å². The van der Waals surface area contributed by atoms with E-state index < -0.39 is 5.60 Å². The normalized spacial score (nSPS) is 26.7. The van der Waals surface area contributed by atoms with E-state index in [1.54, 1.807) is 30.0 Å². The molecule has 2 aromatic rings. The molecule has 0 saturated carbocycles. The standard InChI is InChI=1S/C15H17FO2S/c1-14(2)6-7-19-9-15(14,17)12-8-10-4-3-5-11(16)13(10)18-12/h3-5,8,17H,6-7,9H2,1-2H3. The quantitative estimate of drug-likeness (QED) is 0.859. The Morgan fingerprint density at radius 2 is 2.16 bits per heavy atom. The zero-order valence-electron chi connectivity index (χ0n) is 11.1. The van der Waals surface area contributed by atoms with Crippen LogP contribution in [-0.4, -0.2) is 16.6 Å². The Morgan fingerprint density at radius 3 is 2.84 bits per heavy atom. The molecule has 1 aliphatic rings. The van der Waals surface area contributed by atoms with Gasteiger partial charge in [-0.2, -0.15) is 11.8 Å². The molecule has 0 amide bonds. The third-order valence-corrected chi connectivity index (χ3v) is 5.32. The lowest BCUT2D eigenvalue weighted by atomic mass is 9.72. The summed E-state index contributed by atoms with van der Waals surface area (Å²) in [7, 11) is 0. The summed E-state index contributed by atoms with van der Waals surface area (Å²) in [5.74, 6) is 1.71. The molecule has 1 atom stereocenters. The maximum atomic E-state index is 13.7. The summed E-state index contributed by atoms with van der Waals surface area (Å²) >= 11 is 1.71. The van der Waals surface area contributed by atoms with Gasteiger partial charge in [-0.05, 0) is 24.3 Å².